The number of rotatable bonds is 5. The van der Waals surface area contributed by atoms with Crippen LogP contribution in [0.3, 0.4) is 0 Å². The van der Waals surface area contributed by atoms with Crippen LogP contribution in [-0.4, -0.2) is 27.6 Å². The molecule has 0 aliphatic carbocycles. The minimum absolute atomic E-state index is 0.133. The number of hydrogen-bond donors (Lipinski definition) is 3. The molecule has 0 saturated carbocycles. The van der Waals surface area contributed by atoms with Crippen molar-refractivity contribution in [2.45, 2.75) is 13.0 Å². The third-order valence-electron chi connectivity index (χ3n) is 4.24. The number of nitrogen functional groups attached to an aromatic ring is 1. The zero-order valence-corrected chi connectivity index (χ0v) is 17.5. The van der Waals surface area contributed by atoms with Crippen molar-refractivity contribution < 1.29 is 9.53 Å². The van der Waals surface area contributed by atoms with Crippen LogP contribution in [0, 0.1) is 0 Å². The number of nitrogens with one attached hydrogen (secondary N) is 1. The Balaban J connectivity index is 2.05. The van der Waals surface area contributed by atoms with Gasteiger partial charge in [0.15, 0.2) is 0 Å². The molecule has 1 atom stereocenters. The summed E-state index contributed by atoms with van der Waals surface area (Å²) in [7, 11) is 1.45. The van der Waals surface area contributed by atoms with Crippen molar-refractivity contribution in [3.8, 4) is 11.4 Å². The first kappa shape index (κ1) is 21.6. The van der Waals surface area contributed by atoms with E-state index in [2.05, 4.69) is 15.3 Å². The van der Waals surface area contributed by atoms with E-state index < -0.39 is 11.5 Å². The molecule has 156 valence electrons. The van der Waals surface area contributed by atoms with Gasteiger partial charge in [0.2, 0.25) is 0 Å². The van der Waals surface area contributed by atoms with Crippen molar-refractivity contribution in [1.29, 1.82) is 0 Å². The number of benzene rings is 1. The van der Waals surface area contributed by atoms with E-state index in [1.54, 1.807) is 19.2 Å². The number of carbonyl (C=O) groups is 1. The molecule has 5 N–H and O–H groups in total. The molecular weight excluding hydrogens is 431 g/mol. The monoisotopic (exact) mass is 448 g/mol. The Morgan fingerprint density at radius 2 is 1.90 bits per heavy atom. The summed E-state index contributed by atoms with van der Waals surface area (Å²) in [4.78, 5) is 33.8. The van der Waals surface area contributed by atoms with Crippen molar-refractivity contribution >= 4 is 40.6 Å². The minimum Gasteiger partial charge on any atom is -0.497 e. The Morgan fingerprint density at radius 3 is 2.50 bits per heavy atom. The van der Waals surface area contributed by atoms with Crippen molar-refractivity contribution in [1.82, 2.24) is 14.5 Å². The molecule has 0 bridgehead atoms. The Labute approximate surface area is 181 Å². The van der Waals surface area contributed by atoms with E-state index in [9.17, 15) is 9.59 Å². The Morgan fingerprint density at radius 1 is 1.23 bits per heavy atom. The van der Waals surface area contributed by atoms with E-state index in [-0.39, 0.29) is 33.2 Å². The number of aromatic nitrogens is 3. The number of ether oxygens (including phenoxy) is 1. The first-order valence-electron chi connectivity index (χ1n) is 8.65. The van der Waals surface area contributed by atoms with Crippen molar-refractivity contribution in [3.63, 3.8) is 0 Å². The average Bonchev–Trinajstić information content (AvgIpc) is 2.69. The molecule has 1 amide bonds. The van der Waals surface area contributed by atoms with Crippen LogP contribution in [-0.2, 0) is 0 Å². The van der Waals surface area contributed by atoms with Gasteiger partial charge in [-0.2, -0.15) is 0 Å². The van der Waals surface area contributed by atoms with Gasteiger partial charge in [-0.15, -0.1) is 0 Å². The van der Waals surface area contributed by atoms with Crippen LogP contribution in [0.4, 0.5) is 11.5 Å². The van der Waals surface area contributed by atoms with Gasteiger partial charge in [0.25, 0.3) is 11.5 Å². The molecule has 0 spiro atoms. The summed E-state index contributed by atoms with van der Waals surface area (Å²) < 4.78 is 6.15. The lowest BCUT2D eigenvalue weighted by Gasteiger charge is -2.14. The summed E-state index contributed by atoms with van der Waals surface area (Å²) >= 11 is 12.5. The number of anilines is 2. The lowest BCUT2D eigenvalue weighted by atomic mass is 10.1. The Hall–Kier alpha value is -3.14. The highest BCUT2D eigenvalue weighted by atomic mass is 35.5. The molecule has 0 radical (unpaired) electrons. The molecule has 1 aromatic carbocycles. The van der Waals surface area contributed by atoms with Gasteiger partial charge >= 0.3 is 0 Å². The maximum atomic E-state index is 13.1. The SMILES string of the molecule is COc1cc(Cl)c(-n2cnc(N)c(C(=O)Nc3cncc([C@H](C)N)c3)c2=O)c(Cl)c1. The highest BCUT2D eigenvalue weighted by Crippen LogP contribution is 2.32. The second-order valence-corrected chi connectivity index (χ2v) is 7.18. The van der Waals surface area contributed by atoms with Gasteiger partial charge in [0, 0.05) is 24.4 Å². The summed E-state index contributed by atoms with van der Waals surface area (Å²) in [5, 5.41) is 2.85. The van der Waals surface area contributed by atoms with Crippen LogP contribution in [0.1, 0.15) is 28.9 Å². The molecular formula is C19H18Cl2N6O3. The number of nitrogens with zero attached hydrogens (tertiary/aromatic N) is 3. The van der Waals surface area contributed by atoms with Gasteiger partial charge in [-0.25, -0.2) is 4.98 Å². The van der Waals surface area contributed by atoms with Crippen LogP contribution in [0.25, 0.3) is 5.69 Å². The summed E-state index contributed by atoms with van der Waals surface area (Å²) in [5.41, 5.74) is 11.7. The van der Waals surface area contributed by atoms with Crippen molar-refractivity contribution in [3.05, 3.63) is 68.4 Å². The Kier molecular flexibility index (Phi) is 6.25. The summed E-state index contributed by atoms with van der Waals surface area (Å²) in [6.07, 6.45) is 4.15. The summed E-state index contributed by atoms with van der Waals surface area (Å²) in [5.74, 6) is -0.598. The van der Waals surface area contributed by atoms with Crippen LogP contribution in [0.2, 0.25) is 10.0 Å². The normalized spacial score (nSPS) is 11.8. The number of hydrogen-bond acceptors (Lipinski definition) is 7. The molecule has 3 aromatic rings. The van der Waals surface area contributed by atoms with Crippen LogP contribution < -0.4 is 27.1 Å². The van der Waals surface area contributed by atoms with E-state index in [0.717, 1.165) is 10.9 Å². The van der Waals surface area contributed by atoms with E-state index in [1.807, 2.05) is 0 Å². The number of pyridine rings is 1. The van der Waals surface area contributed by atoms with E-state index >= 15 is 0 Å². The molecule has 0 saturated heterocycles. The highest BCUT2D eigenvalue weighted by molar-refractivity contribution is 6.38. The fraction of sp³-hybridized carbons (Fsp3) is 0.158. The molecule has 2 aromatic heterocycles. The highest BCUT2D eigenvalue weighted by Gasteiger charge is 2.21. The molecule has 3 rings (SSSR count). The maximum absolute atomic E-state index is 13.1. The number of nitrogens with two attached hydrogens (primary N) is 2. The predicted octanol–water partition coefficient (Wildman–Crippen LogP) is 2.80. The molecule has 0 fully saturated rings. The second-order valence-electron chi connectivity index (χ2n) is 6.37. The molecule has 0 unspecified atom stereocenters. The quantitative estimate of drug-likeness (QED) is 0.545. The lowest BCUT2D eigenvalue weighted by molar-refractivity contribution is 0.102. The smallest absolute Gasteiger partial charge is 0.273 e. The largest absolute Gasteiger partial charge is 0.497 e. The zero-order chi connectivity index (χ0) is 22.0. The van der Waals surface area contributed by atoms with Crippen LogP contribution in [0.5, 0.6) is 5.75 Å². The average molecular weight is 449 g/mol. The molecule has 30 heavy (non-hydrogen) atoms. The summed E-state index contributed by atoms with van der Waals surface area (Å²) in [6.45, 7) is 1.78. The van der Waals surface area contributed by atoms with Gasteiger partial charge < -0.3 is 21.5 Å². The van der Waals surface area contributed by atoms with E-state index in [0.29, 0.717) is 17.0 Å². The standard InChI is InChI=1S/C19H18Cl2N6O3/c1-9(22)10-3-11(7-24-6-10)26-18(28)15-17(23)25-8-27(19(15)29)16-13(20)4-12(30-2)5-14(16)21/h3-9H,22-23H2,1-2H3,(H,26,28)/t9-/m0/s1. The van der Waals surface area contributed by atoms with Gasteiger partial charge in [-0.3, -0.25) is 19.1 Å². The topological polar surface area (TPSA) is 138 Å². The lowest BCUT2D eigenvalue weighted by Crippen LogP contribution is -2.31. The number of amides is 1. The van der Waals surface area contributed by atoms with Crippen molar-refractivity contribution in [2.24, 2.45) is 5.73 Å². The third-order valence-corrected chi connectivity index (χ3v) is 4.81. The molecule has 0 aliphatic rings. The predicted molar refractivity (Wildman–Crippen MR) is 116 cm³/mol. The first-order chi connectivity index (χ1) is 14.2. The second kappa shape index (κ2) is 8.70. The fourth-order valence-corrected chi connectivity index (χ4v) is 3.35. The van der Waals surface area contributed by atoms with Gasteiger partial charge in [-0.05, 0) is 18.6 Å². The van der Waals surface area contributed by atoms with Crippen LogP contribution >= 0.6 is 23.2 Å². The number of methoxy groups -OCH3 is 1. The molecule has 2 heterocycles. The minimum atomic E-state index is -0.760. The van der Waals surface area contributed by atoms with Crippen molar-refractivity contribution in [2.75, 3.05) is 18.2 Å². The first-order valence-corrected chi connectivity index (χ1v) is 9.41. The van der Waals surface area contributed by atoms with Gasteiger partial charge in [-0.1, -0.05) is 23.2 Å². The number of carbonyl (C=O) groups excluding carboxylic acids is 1. The van der Waals surface area contributed by atoms with Crippen LogP contribution in [0.15, 0.2) is 41.7 Å². The number of halogens is 2. The molecule has 0 aliphatic heterocycles. The fourth-order valence-electron chi connectivity index (χ4n) is 2.70. The third kappa shape index (κ3) is 4.23. The van der Waals surface area contributed by atoms with Gasteiger partial charge in [0.1, 0.15) is 23.5 Å². The zero-order valence-electron chi connectivity index (χ0n) is 16.0. The van der Waals surface area contributed by atoms with E-state index in [4.69, 9.17) is 39.4 Å². The van der Waals surface area contributed by atoms with E-state index in [1.165, 1.54) is 25.4 Å². The Bertz CT molecular complexity index is 1160. The van der Waals surface area contributed by atoms with Gasteiger partial charge in [0.05, 0.1) is 34.7 Å². The maximum Gasteiger partial charge on any atom is 0.273 e. The molecule has 11 heteroatoms. The summed E-state index contributed by atoms with van der Waals surface area (Å²) in [6, 6.07) is 4.33. The molecule has 9 nitrogen and oxygen atoms in total.